The molecule has 0 amide bonds. The fraction of sp³-hybridized carbons (Fsp3) is 0.600. The lowest BCUT2D eigenvalue weighted by Crippen LogP contribution is -2.33. The molecule has 0 fully saturated rings. The third-order valence-corrected chi connectivity index (χ3v) is 2.84. The van der Waals surface area contributed by atoms with Crippen LogP contribution in [0.25, 0.3) is 0 Å². The maximum absolute atomic E-state index is 8.99. The topological polar surface area (TPSA) is 109 Å². The number of fused-ring (bicyclic) bond motifs is 1. The molecular weight excluding hydrogens is 222 g/mol. The number of aryl methyl sites for hydroxylation is 1. The minimum absolute atomic E-state index is 0.0135. The third-order valence-electron chi connectivity index (χ3n) is 2.84. The van der Waals surface area contributed by atoms with Gasteiger partial charge in [-0.3, -0.25) is 0 Å². The number of guanidine groups is 1. The average molecular weight is 239 g/mol. The Morgan fingerprint density at radius 1 is 1.47 bits per heavy atom. The molecule has 0 aliphatic carbocycles. The first-order chi connectivity index (χ1) is 8.24. The lowest BCUT2D eigenvalue weighted by molar-refractivity contribution is 0.140. The summed E-state index contributed by atoms with van der Waals surface area (Å²) >= 11 is 0. The standard InChI is InChI=1S/C10H17N5O2/c11-10-12-3-8-9(14-10)15(6-13-8)2-1-7(4-16)5-17/h6-7,16-17H,1-5H2,(H3,11,12,14). The van der Waals surface area contributed by atoms with Gasteiger partial charge in [0, 0.05) is 25.7 Å². The van der Waals surface area contributed by atoms with Crippen molar-refractivity contribution in [1.82, 2.24) is 14.9 Å². The van der Waals surface area contributed by atoms with E-state index in [1.807, 2.05) is 4.57 Å². The quantitative estimate of drug-likeness (QED) is 0.523. The summed E-state index contributed by atoms with van der Waals surface area (Å²) in [4.78, 5) is 8.43. The van der Waals surface area contributed by atoms with Crippen molar-refractivity contribution in [3.63, 3.8) is 0 Å². The van der Waals surface area contributed by atoms with Gasteiger partial charge in [-0.15, -0.1) is 0 Å². The molecule has 0 atom stereocenters. The number of hydrogen-bond donors (Lipinski definition) is 4. The second kappa shape index (κ2) is 5.15. The van der Waals surface area contributed by atoms with Crippen LogP contribution in [0, 0.1) is 5.92 Å². The second-order valence-corrected chi connectivity index (χ2v) is 4.08. The van der Waals surface area contributed by atoms with E-state index in [1.165, 1.54) is 0 Å². The van der Waals surface area contributed by atoms with E-state index in [4.69, 9.17) is 15.9 Å². The maximum atomic E-state index is 8.99. The minimum Gasteiger partial charge on any atom is -0.396 e. The van der Waals surface area contributed by atoms with Crippen LogP contribution in [0.15, 0.2) is 11.3 Å². The maximum Gasteiger partial charge on any atom is 0.195 e. The number of aliphatic hydroxyl groups is 2. The van der Waals surface area contributed by atoms with Gasteiger partial charge in [0.1, 0.15) is 5.69 Å². The number of nitrogens with two attached hydrogens (primary N) is 1. The Labute approximate surface area is 99.0 Å². The number of nitrogens with zero attached hydrogens (tertiary/aromatic N) is 3. The smallest absolute Gasteiger partial charge is 0.195 e. The fourth-order valence-electron chi connectivity index (χ4n) is 1.72. The molecule has 0 saturated carbocycles. The first-order valence-corrected chi connectivity index (χ1v) is 5.58. The van der Waals surface area contributed by atoms with Crippen LogP contribution in [0.2, 0.25) is 0 Å². The summed E-state index contributed by atoms with van der Waals surface area (Å²) in [7, 11) is 0. The molecule has 2 rings (SSSR count). The van der Waals surface area contributed by atoms with E-state index in [9.17, 15) is 0 Å². The molecule has 7 nitrogen and oxygen atoms in total. The van der Waals surface area contributed by atoms with Crippen molar-refractivity contribution in [3.8, 4) is 0 Å². The number of aliphatic hydroxyl groups excluding tert-OH is 2. The molecule has 0 spiro atoms. The van der Waals surface area contributed by atoms with Crippen LogP contribution in [-0.4, -0.2) is 38.9 Å². The molecule has 1 aliphatic heterocycles. The Balaban J connectivity index is 2.06. The summed E-state index contributed by atoms with van der Waals surface area (Å²) in [5.74, 6) is 1.05. The molecule has 94 valence electrons. The van der Waals surface area contributed by atoms with Gasteiger partial charge in [0.05, 0.1) is 12.9 Å². The Kier molecular flexibility index (Phi) is 3.60. The van der Waals surface area contributed by atoms with Crippen LogP contribution < -0.4 is 11.1 Å². The summed E-state index contributed by atoms with van der Waals surface area (Å²) in [5.41, 5.74) is 6.47. The highest BCUT2D eigenvalue weighted by Gasteiger charge is 2.16. The molecule has 0 aromatic carbocycles. The summed E-state index contributed by atoms with van der Waals surface area (Å²) < 4.78 is 1.89. The van der Waals surface area contributed by atoms with E-state index in [-0.39, 0.29) is 19.1 Å². The highest BCUT2D eigenvalue weighted by atomic mass is 16.3. The molecule has 2 heterocycles. The van der Waals surface area contributed by atoms with Gasteiger partial charge in [-0.05, 0) is 6.42 Å². The molecular formula is C10H17N5O2. The molecule has 1 aromatic rings. The molecule has 1 aromatic heterocycles. The number of nitrogens with one attached hydrogen (secondary N) is 1. The molecule has 0 bridgehead atoms. The second-order valence-electron chi connectivity index (χ2n) is 4.08. The first kappa shape index (κ1) is 11.9. The Morgan fingerprint density at radius 3 is 2.94 bits per heavy atom. The lowest BCUT2D eigenvalue weighted by atomic mass is 10.1. The van der Waals surface area contributed by atoms with Gasteiger partial charge in [-0.1, -0.05) is 0 Å². The molecule has 0 radical (unpaired) electrons. The highest BCUT2D eigenvalue weighted by molar-refractivity contribution is 5.82. The molecule has 0 saturated heterocycles. The van der Waals surface area contributed by atoms with Gasteiger partial charge in [-0.25, -0.2) is 4.98 Å². The summed E-state index contributed by atoms with van der Waals surface area (Å²) in [6, 6.07) is 0. The van der Waals surface area contributed by atoms with Crippen molar-refractivity contribution in [2.75, 3.05) is 13.2 Å². The molecule has 17 heavy (non-hydrogen) atoms. The van der Waals surface area contributed by atoms with Gasteiger partial charge >= 0.3 is 0 Å². The van der Waals surface area contributed by atoms with Crippen molar-refractivity contribution in [2.45, 2.75) is 19.5 Å². The van der Waals surface area contributed by atoms with E-state index in [0.29, 0.717) is 25.5 Å². The van der Waals surface area contributed by atoms with Crippen molar-refractivity contribution in [2.24, 2.45) is 16.6 Å². The molecule has 7 heteroatoms. The van der Waals surface area contributed by atoms with E-state index in [1.54, 1.807) is 6.33 Å². The van der Waals surface area contributed by atoms with Crippen LogP contribution in [0.4, 0.5) is 5.82 Å². The number of aromatic nitrogens is 2. The Hall–Kier alpha value is -1.60. The number of imidazole rings is 1. The molecule has 5 N–H and O–H groups in total. The Bertz CT molecular complexity index is 411. The zero-order chi connectivity index (χ0) is 12.3. The van der Waals surface area contributed by atoms with Crippen LogP contribution in [0.1, 0.15) is 12.1 Å². The summed E-state index contributed by atoms with van der Waals surface area (Å²) in [5, 5.41) is 20.9. The van der Waals surface area contributed by atoms with Gasteiger partial charge in [-0.2, -0.15) is 4.99 Å². The van der Waals surface area contributed by atoms with Crippen LogP contribution >= 0.6 is 0 Å². The predicted molar refractivity (Wildman–Crippen MR) is 62.6 cm³/mol. The van der Waals surface area contributed by atoms with Crippen LogP contribution in [0.5, 0.6) is 0 Å². The molecule has 1 aliphatic rings. The Morgan fingerprint density at radius 2 is 2.24 bits per heavy atom. The highest BCUT2D eigenvalue weighted by Crippen LogP contribution is 2.21. The van der Waals surface area contributed by atoms with E-state index in [2.05, 4.69) is 15.3 Å². The van der Waals surface area contributed by atoms with Crippen molar-refractivity contribution in [3.05, 3.63) is 12.0 Å². The van der Waals surface area contributed by atoms with Gasteiger partial charge in [0.15, 0.2) is 11.8 Å². The lowest BCUT2D eigenvalue weighted by Gasteiger charge is -2.14. The van der Waals surface area contributed by atoms with Crippen molar-refractivity contribution >= 4 is 11.8 Å². The van der Waals surface area contributed by atoms with Crippen molar-refractivity contribution < 1.29 is 10.2 Å². The first-order valence-electron chi connectivity index (χ1n) is 5.58. The number of aliphatic imine (C=N–C) groups is 1. The zero-order valence-corrected chi connectivity index (χ0v) is 9.50. The number of hydrogen-bond acceptors (Lipinski definition) is 6. The largest absolute Gasteiger partial charge is 0.396 e. The molecule has 0 unspecified atom stereocenters. The van der Waals surface area contributed by atoms with Gasteiger partial charge in [0.25, 0.3) is 0 Å². The van der Waals surface area contributed by atoms with Gasteiger partial charge < -0.3 is 25.8 Å². The van der Waals surface area contributed by atoms with Crippen LogP contribution in [0.3, 0.4) is 0 Å². The fourth-order valence-corrected chi connectivity index (χ4v) is 1.72. The van der Waals surface area contributed by atoms with Crippen molar-refractivity contribution in [1.29, 1.82) is 0 Å². The van der Waals surface area contributed by atoms with Gasteiger partial charge in [0.2, 0.25) is 0 Å². The summed E-state index contributed by atoms with van der Waals surface area (Å²) in [6.07, 6.45) is 2.39. The third kappa shape index (κ3) is 2.56. The predicted octanol–water partition coefficient (Wildman–Crippen LogP) is -1.08. The number of rotatable bonds is 5. The monoisotopic (exact) mass is 239 g/mol. The average Bonchev–Trinajstić information content (AvgIpc) is 2.73. The van der Waals surface area contributed by atoms with E-state index < -0.39 is 0 Å². The zero-order valence-electron chi connectivity index (χ0n) is 9.50. The normalized spacial score (nSPS) is 14.4. The van der Waals surface area contributed by atoms with E-state index in [0.717, 1.165) is 11.5 Å². The summed E-state index contributed by atoms with van der Waals surface area (Å²) in [6.45, 7) is 1.21. The SMILES string of the molecule is NC1=Nc2c(ncn2CCC(CO)CO)CN1. The van der Waals surface area contributed by atoms with Crippen LogP contribution in [-0.2, 0) is 13.1 Å². The minimum atomic E-state index is -0.101. The van der Waals surface area contributed by atoms with E-state index >= 15 is 0 Å².